The molecule has 2 atom stereocenters. The summed E-state index contributed by atoms with van der Waals surface area (Å²) >= 11 is 0. The number of rotatable bonds is 5. The van der Waals surface area contributed by atoms with E-state index in [2.05, 4.69) is 4.72 Å². The Bertz CT molecular complexity index is 339. The van der Waals surface area contributed by atoms with Crippen LogP contribution in [0, 0.1) is 5.92 Å². The highest BCUT2D eigenvalue weighted by Crippen LogP contribution is 2.27. The minimum absolute atomic E-state index is 0.0805. The van der Waals surface area contributed by atoms with Gasteiger partial charge in [0.15, 0.2) is 5.75 Å². The second-order valence-corrected chi connectivity index (χ2v) is 6.08. The molecule has 0 heterocycles. The maximum atomic E-state index is 11.5. The van der Waals surface area contributed by atoms with Gasteiger partial charge in [-0.2, -0.15) is 0 Å². The van der Waals surface area contributed by atoms with E-state index in [0.717, 1.165) is 32.1 Å². The molecule has 0 spiro atoms. The predicted molar refractivity (Wildman–Crippen MR) is 60.6 cm³/mol. The van der Waals surface area contributed by atoms with E-state index in [4.69, 9.17) is 5.11 Å². The molecular weight excluding hydrogens is 230 g/mol. The van der Waals surface area contributed by atoms with Gasteiger partial charge in [-0.25, -0.2) is 13.1 Å². The zero-order valence-electron chi connectivity index (χ0n) is 9.48. The lowest BCUT2D eigenvalue weighted by molar-refractivity contribution is -0.134. The number of hydrogen-bond donors (Lipinski definition) is 2. The van der Waals surface area contributed by atoms with E-state index in [1.165, 1.54) is 0 Å². The Morgan fingerprint density at radius 1 is 1.38 bits per heavy atom. The SMILES string of the molecule is CCC1CCCCC1NS(=O)(=O)CC(=O)O. The average Bonchev–Trinajstić information content (AvgIpc) is 2.15. The fourth-order valence-electron chi connectivity index (χ4n) is 2.29. The van der Waals surface area contributed by atoms with Gasteiger partial charge in [-0.05, 0) is 18.8 Å². The van der Waals surface area contributed by atoms with Gasteiger partial charge in [0.1, 0.15) is 0 Å². The van der Waals surface area contributed by atoms with Gasteiger partial charge in [0.05, 0.1) is 0 Å². The third-order valence-corrected chi connectivity index (χ3v) is 4.37. The first-order valence-corrected chi connectivity index (χ1v) is 7.31. The van der Waals surface area contributed by atoms with Crippen LogP contribution in [0.3, 0.4) is 0 Å². The maximum Gasteiger partial charge on any atom is 0.320 e. The number of hydrogen-bond acceptors (Lipinski definition) is 3. The number of carboxylic acid groups (broad SMARTS) is 1. The summed E-state index contributed by atoms with van der Waals surface area (Å²) in [7, 11) is -3.67. The van der Waals surface area contributed by atoms with Crippen LogP contribution in [-0.4, -0.2) is 31.3 Å². The van der Waals surface area contributed by atoms with Crippen molar-refractivity contribution < 1.29 is 18.3 Å². The fraction of sp³-hybridized carbons (Fsp3) is 0.900. The van der Waals surface area contributed by atoms with Crippen molar-refractivity contribution in [3.05, 3.63) is 0 Å². The Kier molecular flexibility index (Phi) is 4.73. The molecule has 1 saturated carbocycles. The van der Waals surface area contributed by atoms with Crippen molar-refractivity contribution in [1.29, 1.82) is 0 Å². The van der Waals surface area contributed by atoms with Gasteiger partial charge in [-0.3, -0.25) is 4.79 Å². The molecule has 0 aromatic carbocycles. The zero-order chi connectivity index (χ0) is 12.2. The summed E-state index contributed by atoms with van der Waals surface area (Å²) in [6.07, 6.45) is 4.92. The summed E-state index contributed by atoms with van der Waals surface area (Å²) in [5.74, 6) is -1.80. The van der Waals surface area contributed by atoms with Crippen LogP contribution in [0.1, 0.15) is 39.0 Å². The summed E-state index contributed by atoms with van der Waals surface area (Å²) in [4.78, 5) is 10.4. The molecule has 2 N–H and O–H groups in total. The van der Waals surface area contributed by atoms with Crippen LogP contribution < -0.4 is 4.72 Å². The highest BCUT2D eigenvalue weighted by atomic mass is 32.2. The summed E-state index contributed by atoms with van der Waals surface area (Å²) in [5, 5.41) is 8.48. The molecule has 0 radical (unpaired) electrons. The van der Waals surface area contributed by atoms with Gasteiger partial charge in [0.2, 0.25) is 10.0 Å². The lowest BCUT2D eigenvalue weighted by Gasteiger charge is -2.31. The average molecular weight is 249 g/mol. The van der Waals surface area contributed by atoms with Crippen molar-refractivity contribution >= 4 is 16.0 Å². The Labute approximate surface area is 96.3 Å². The summed E-state index contributed by atoms with van der Waals surface area (Å²) in [6, 6.07) is -0.0805. The molecule has 1 rings (SSSR count). The van der Waals surface area contributed by atoms with Crippen LogP contribution in [0.4, 0.5) is 0 Å². The van der Waals surface area contributed by atoms with Crippen molar-refractivity contribution in [2.24, 2.45) is 5.92 Å². The van der Waals surface area contributed by atoms with Gasteiger partial charge in [0, 0.05) is 6.04 Å². The minimum atomic E-state index is -3.67. The number of sulfonamides is 1. The molecule has 1 aliphatic rings. The van der Waals surface area contributed by atoms with E-state index >= 15 is 0 Å². The van der Waals surface area contributed by atoms with E-state index in [9.17, 15) is 13.2 Å². The van der Waals surface area contributed by atoms with Gasteiger partial charge < -0.3 is 5.11 Å². The van der Waals surface area contributed by atoms with Crippen LogP contribution in [0.2, 0.25) is 0 Å². The lowest BCUT2D eigenvalue weighted by Crippen LogP contribution is -2.43. The fourth-order valence-corrected chi connectivity index (χ4v) is 3.47. The van der Waals surface area contributed by atoms with Crippen LogP contribution in [0.5, 0.6) is 0 Å². The summed E-state index contributed by atoms with van der Waals surface area (Å²) in [5.41, 5.74) is 0. The van der Waals surface area contributed by atoms with Gasteiger partial charge in [-0.1, -0.05) is 26.2 Å². The highest BCUT2D eigenvalue weighted by Gasteiger charge is 2.28. The third-order valence-electron chi connectivity index (χ3n) is 3.08. The smallest absolute Gasteiger partial charge is 0.320 e. The molecule has 0 bridgehead atoms. The van der Waals surface area contributed by atoms with Crippen molar-refractivity contribution in [2.75, 3.05) is 5.75 Å². The number of nitrogens with one attached hydrogen (secondary N) is 1. The van der Waals surface area contributed by atoms with Crippen molar-refractivity contribution in [2.45, 2.75) is 45.1 Å². The van der Waals surface area contributed by atoms with Crippen molar-refractivity contribution in [3.63, 3.8) is 0 Å². The number of carboxylic acids is 1. The molecule has 0 aromatic rings. The van der Waals surface area contributed by atoms with E-state index in [1.807, 2.05) is 6.92 Å². The predicted octanol–water partition coefficient (Wildman–Crippen LogP) is 0.959. The quantitative estimate of drug-likeness (QED) is 0.760. The third kappa shape index (κ3) is 4.09. The molecule has 1 aliphatic carbocycles. The molecule has 0 aromatic heterocycles. The van der Waals surface area contributed by atoms with Crippen LogP contribution in [0.25, 0.3) is 0 Å². The van der Waals surface area contributed by atoms with Crippen LogP contribution in [-0.2, 0) is 14.8 Å². The molecule has 0 aliphatic heterocycles. The Morgan fingerprint density at radius 3 is 2.56 bits per heavy atom. The van der Waals surface area contributed by atoms with Crippen molar-refractivity contribution in [3.8, 4) is 0 Å². The zero-order valence-corrected chi connectivity index (χ0v) is 10.3. The molecule has 94 valence electrons. The first-order valence-electron chi connectivity index (χ1n) is 5.66. The topological polar surface area (TPSA) is 83.5 Å². The first-order chi connectivity index (χ1) is 7.44. The Morgan fingerprint density at radius 2 is 2.00 bits per heavy atom. The molecule has 16 heavy (non-hydrogen) atoms. The van der Waals surface area contributed by atoms with Crippen LogP contribution >= 0.6 is 0 Å². The molecular formula is C10H19NO4S. The number of aliphatic carboxylic acids is 1. The van der Waals surface area contributed by atoms with E-state index in [1.54, 1.807) is 0 Å². The first kappa shape index (κ1) is 13.4. The standard InChI is InChI=1S/C10H19NO4S/c1-2-8-5-3-4-6-9(8)11-16(14,15)7-10(12)13/h8-9,11H,2-7H2,1H3,(H,12,13). The second-order valence-electron chi connectivity index (χ2n) is 4.33. The normalized spacial score (nSPS) is 26.6. The number of carbonyl (C=O) groups is 1. The van der Waals surface area contributed by atoms with E-state index in [-0.39, 0.29) is 6.04 Å². The lowest BCUT2D eigenvalue weighted by atomic mass is 9.83. The van der Waals surface area contributed by atoms with Crippen molar-refractivity contribution in [1.82, 2.24) is 4.72 Å². The summed E-state index contributed by atoms with van der Waals surface area (Å²) < 4.78 is 25.5. The largest absolute Gasteiger partial charge is 0.480 e. The molecule has 2 unspecified atom stereocenters. The molecule has 0 saturated heterocycles. The van der Waals surface area contributed by atoms with E-state index < -0.39 is 21.7 Å². The monoisotopic (exact) mass is 249 g/mol. The van der Waals surface area contributed by atoms with Gasteiger partial charge in [0.25, 0.3) is 0 Å². The highest BCUT2D eigenvalue weighted by molar-refractivity contribution is 7.90. The Hall–Kier alpha value is -0.620. The van der Waals surface area contributed by atoms with E-state index in [0.29, 0.717) is 5.92 Å². The molecule has 1 fully saturated rings. The molecule has 6 heteroatoms. The van der Waals surface area contributed by atoms with Crippen LogP contribution in [0.15, 0.2) is 0 Å². The second kappa shape index (κ2) is 5.63. The minimum Gasteiger partial charge on any atom is -0.480 e. The van der Waals surface area contributed by atoms with Gasteiger partial charge >= 0.3 is 5.97 Å². The molecule has 5 nitrogen and oxygen atoms in total. The molecule has 0 amide bonds. The maximum absolute atomic E-state index is 11.5. The Balaban J connectivity index is 2.60. The summed E-state index contributed by atoms with van der Waals surface area (Å²) in [6.45, 7) is 2.04. The van der Waals surface area contributed by atoms with Gasteiger partial charge in [-0.15, -0.1) is 0 Å².